The predicted octanol–water partition coefficient (Wildman–Crippen LogP) is 6.78. The summed E-state index contributed by atoms with van der Waals surface area (Å²) in [6, 6.07) is 25.7. The van der Waals surface area contributed by atoms with Gasteiger partial charge in [-0.15, -0.1) is 0 Å². The van der Waals surface area contributed by atoms with Gasteiger partial charge in [0.05, 0.1) is 6.61 Å². The van der Waals surface area contributed by atoms with Crippen molar-refractivity contribution in [1.82, 2.24) is 4.57 Å². The monoisotopic (exact) mass is 497 g/mol. The second-order valence-corrected chi connectivity index (χ2v) is 8.96. The molecule has 4 rings (SSSR count). The molecule has 190 valence electrons. The van der Waals surface area contributed by atoms with E-state index in [1.54, 1.807) is 10.6 Å². The van der Waals surface area contributed by atoms with Crippen molar-refractivity contribution in [2.24, 2.45) is 0 Å². The van der Waals surface area contributed by atoms with Gasteiger partial charge in [0.1, 0.15) is 11.4 Å². The second-order valence-electron chi connectivity index (χ2n) is 8.96. The van der Waals surface area contributed by atoms with Crippen LogP contribution in [0, 0.1) is 0 Å². The molecule has 0 spiro atoms. The van der Waals surface area contributed by atoms with Crippen LogP contribution in [0.25, 0.3) is 23.1 Å². The minimum Gasteiger partial charge on any atom is -0.494 e. The highest BCUT2D eigenvalue weighted by atomic mass is 16.5. The maximum absolute atomic E-state index is 11.8. The minimum absolute atomic E-state index is 0.00821. The molecule has 0 atom stereocenters. The van der Waals surface area contributed by atoms with Crippen molar-refractivity contribution in [1.29, 1.82) is 0 Å². The predicted molar refractivity (Wildman–Crippen MR) is 146 cm³/mol. The van der Waals surface area contributed by atoms with E-state index in [0.29, 0.717) is 19.6 Å². The van der Waals surface area contributed by atoms with Crippen molar-refractivity contribution in [2.45, 2.75) is 38.6 Å². The molecule has 6 nitrogen and oxygen atoms in total. The molecule has 0 saturated heterocycles. The quantitative estimate of drug-likeness (QED) is 0.157. The average Bonchev–Trinajstić information content (AvgIpc) is 3.28. The molecule has 6 heteroatoms. The molecule has 0 aliphatic rings. The lowest BCUT2D eigenvalue weighted by atomic mass is 10.1. The Balaban J connectivity index is 1.37. The fourth-order valence-electron chi connectivity index (χ4n) is 4.39. The highest BCUT2D eigenvalue weighted by Gasteiger charge is 2.16. The Morgan fingerprint density at radius 2 is 1.62 bits per heavy atom. The maximum Gasteiger partial charge on any atom is 0.352 e. The number of fused-ring (bicyclic) bond motifs is 1. The van der Waals surface area contributed by atoms with E-state index in [4.69, 9.17) is 9.84 Å². The smallest absolute Gasteiger partial charge is 0.352 e. The van der Waals surface area contributed by atoms with E-state index in [-0.39, 0.29) is 12.1 Å². The average molecular weight is 498 g/mol. The number of aromatic nitrogens is 1. The zero-order valence-electron chi connectivity index (χ0n) is 20.7. The normalized spacial score (nSPS) is 11.2. The first kappa shape index (κ1) is 25.8. The molecule has 0 radical (unpaired) electrons. The molecule has 4 aromatic rings. The molecule has 0 unspecified atom stereocenters. The molecular formula is C31H31NO5. The number of carboxylic acids is 2. The summed E-state index contributed by atoms with van der Waals surface area (Å²) in [6.45, 7) is 1.01. The van der Waals surface area contributed by atoms with Gasteiger partial charge < -0.3 is 19.5 Å². The number of rotatable bonds is 13. The lowest BCUT2D eigenvalue weighted by molar-refractivity contribution is -0.137. The highest BCUT2D eigenvalue weighted by Crippen LogP contribution is 2.26. The van der Waals surface area contributed by atoms with Gasteiger partial charge in [0.15, 0.2) is 0 Å². The van der Waals surface area contributed by atoms with Gasteiger partial charge in [-0.1, -0.05) is 66.7 Å². The van der Waals surface area contributed by atoms with Crippen molar-refractivity contribution < 1.29 is 24.5 Å². The number of unbranched alkanes of at least 4 members (excludes halogenated alkanes) is 1. The van der Waals surface area contributed by atoms with Gasteiger partial charge in [0.2, 0.25) is 0 Å². The van der Waals surface area contributed by atoms with Crippen LogP contribution in [0.2, 0.25) is 0 Å². The first-order valence-electron chi connectivity index (χ1n) is 12.5. The molecule has 2 N–H and O–H groups in total. The SMILES string of the molecule is O=C(O)CCCn1c(C(=O)O)cc2c(C=Cc3ccc(OCCCCc4ccccc4)cc3)cccc21. The van der Waals surface area contributed by atoms with E-state index in [1.807, 2.05) is 60.7 Å². The summed E-state index contributed by atoms with van der Waals surface area (Å²) in [5.41, 5.74) is 4.19. The Labute approximate surface area is 216 Å². The van der Waals surface area contributed by atoms with Gasteiger partial charge in [-0.2, -0.15) is 0 Å². The maximum atomic E-state index is 11.8. The molecule has 0 fully saturated rings. The van der Waals surface area contributed by atoms with Gasteiger partial charge in [0, 0.05) is 23.9 Å². The number of ether oxygens (including phenoxy) is 1. The van der Waals surface area contributed by atoms with E-state index in [1.165, 1.54) is 5.56 Å². The number of hydrogen-bond acceptors (Lipinski definition) is 3. The third kappa shape index (κ3) is 7.10. The number of benzene rings is 3. The van der Waals surface area contributed by atoms with Crippen molar-refractivity contribution in [3.8, 4) is 5.75 Å². The van der Waals surface area contributed by atoms with Crippen molar-refractivity contribution in [2.75, 3.05) is 6.61 Å². The van der Waals surface area contributed by atoms with Crippen LogP contribution in [0.5, 0.6) is 5.75 Å². The lowest BCUT2D eigenvalue weighted by Gasteiger charge is -2.08. The molecule has 1 heterocycles. The molecule has 0 aliphatic heterocycles. The largest absolute Gasteiger partial charge is 0.494 e. The number of carboxylic acid groups (broad SMARTS) is 2. The zero-order chi connectivity index (χ0) is 26.0. The number of hydrogen-bond donors (Lipinski definition) is 2. The van der Waals surface area contributed by atoms with Gasteiger partial charge in [-0.3, -0.25) is 4.79 Å². The van der Waals surface area contributed by atoms with Crippen LogP contribution < -0.4 is 4.74 Å². The molecule has 1 aromatic heterocycles. The Hall–Kier alpha value is -4.32. The van der Waals surface area contributed by atoms with E-state index >= 15 is 0 Å². The topological polar surface area (TPSA) is 88.8 Å². The summed E-state index contributed by atoms with van der Waals surface area (Å²) in [5.74, 6) is -1.09. The Kier molecular flexibility index (Phi) is 8.76. The molecule has 0 aliphatic carbocycles. The lowest BCUT2D eigenvalue weighted by Crippen LogP contribution is -2.09. The van der Waals surface area contributed by atoms with Crippen LogP contribution in [0.15, 0.2) is 78.9 Å². The first-order valence-corrected chi connectivity index (χ1v) is 12.5. The van der Waals surface area contributed by atoms with E-state index in [9.17, 15) is 14.7 Å². The van der Waals surface area contributed by atoms with E-state index in [0.717, 1.165) is 47.0 Å². The second kappa shape index (κ2) is 12.6. The summed E-state index contributed by atoms with van der Waals surface area (Å²) >= 11 is 0. The third-order valence-electron chi connectivity index (χ3n) is 6.28. The van der Waals surface area contributed by atoms with Gasteiger partial charge in [-0.25, -0.2) is 4.79 Å². The number of aryl methyl sites for hydroxylation is 2. The van der Waals surface area contributed by atoms with Crippen LogP contribution in [-0.4, -0.2) is 33.3 Å². The standard InChI is InChI=1S/C31H31NO5/c33-30(34)13-7-20-32-28-12-6-11-25(27(28)22-29(32)31(35)36)17-14-24-15-18-26(19-16-24)37-21-5-4-10-23-8-2-1-3-9-23/h1-3,6,8-9,11-12,14-19,22H,4-5,7,10,13,20-21H2,(H,33,34)(H,35,36). The number of carbonyl (C=O) groups is 2. The summed E-state index contributed by atoms with van der Waals surface area (Å²) in [4.78, 5) is 22.7. The third-order valence-corrected chi connectivity index (χ3v) is 6.28. The number of nitrogens with zero attached hydrogens (tertiary/aromatic N) is 1. The van der Waals surface area contributed by atoms with Crippen molar-refractivity contribution >= 4 is 35.0 Å². The fourth-order valence-corrected chi connectivity index (χ4v) is 4.39. The van der Waals surface area contributed by atoms with Crippen LogP contribution in [0.1, 0.15) is 52.9 Å². The fraction of sp³-hybridized carbons (Fsp3) is 0.226. The summed E-state index contributed by atoms with van der Waals surface area (Å²) in [6.07, 6.45) is 7.44. The van der Waals surface area contributed by atoms with E-state index in [2.05, 4.69) is 24.3 Å². The summed E-state index contributed by atoms with van der Waals surface area (Å²) in [7, 11) is 0. The van der Waals surface area contributed by atoms with Crippen molar-refractivity contribution in [3.05, 3.63) is 101 Å². The minimum atomic E-state index is -1.03. The molecule has 0 saturated carbocycles. The molecule has 0 bridgehead atoms. The molecular weight excluding hydrogens is 466 g/mol. The van der Waals surface area contributed by atoms with Gasteiger partial charge in [-0.05, 0) is 66.6 Å². The number of aromatic carboxylic acids is 1. The van der Waals surface area contributed by atoms with Crippen LogP contribution in [0.4, 0.5) is 0 Å². The Bertz CT molecular complexity index is 1370. The van der Waals surface area contributed by atoms with Gasteiger partial charge >= 0.3 is 11.9 Å². The van der Waals surface area contributed by atoms with E-state index < -0.39 is 11.9 Å². The van der Waals surface area contributed by atoms with Crippen molar-refractivity contribution in [3.63, 3.8) is 0 Å². The Morgan fingerprint density at radius 3 is 2.35 bits per heavy atom. The summed E-state index contributed by atoms with van der Waals surface area (Å²) < 4.78 is 7.57. The molecule has 3 aromatic carbocycles. The van der Waals surface area contributed by atoms with Crippen LogP contribution in [-0.2, 0) is 17.8 Å². The van der Waals surface area contributed by atoms with Crippen LogP contribution in [0.3, 0.4) is 0 Å². The zero-order valence-corrected chi connectivity index (χ0v) is 20.7. The summed E-state index contributed by atoms with van der Waals surface area (Å²) in [5, 5.41) is 19.4. The molecule has 0 amide bonds. The van der Waals surface area contributed by atoms with Crippen LogP contribution >= 0.6 is 0 Å². The Morgan fingerprint density at radius 1 is 0.838 bits per heavy atom. The first-order chi connectivity index (χ1) is 18.0. The number of aliphatic carboxylic acids is 1. The highest BCUT2D eigenvalue weighted by molar-refractivity contribution is 5.99. The molecule has 37 heavy (non-hydrogen) atoms. The van der Waals surface area contributed by atoms with Gasteiger partial charge in [0.25, 0.3) is 0 Å².